The van der Waals surface area contributed by atoms with Crippen LogP contribution in [0, 0.1) is 53.3 Å². The van der Waals surface area contributed by atoms with Gasteiger partial charge in [0.2, 0.25) is 0 Å². The number of fused-ring (bicyclic) bond motifs is 3. The molecule has 4 saturated carbocycles. The minimum absolute atomic E-state index is 1.02. The molecule has 0 heteroatoms. The van der Waals surface area contributed by atoms with E-state index in [1.165, 1.54) is 6.42 Å². The van der Waals surface area contributed by atoms with E-state index in [1.54, 1.807) is 38.5 Å². The van der Waals surface area contributed by atoms with Crippen molar-refractivity contribution < 1.29 is 0 Å². The molecule has 0 aromatic carbocycles. The highest BCUT2D eigenvalue weighted by atomic mass is 14.6. The van der Waals surface area contributed by atoms with Crippen LogP contribution < -0.4 is 0 Å². The summed E-state index contributed by atoms with van der Waals surface area (Å²) in [4.78, 5) is 0. The molecule has 9 atom stereocenters. The Labute approximate surface area is 119 Å². The Morgan fingerprint density at radius 3 is 2.26 bits per heavy atom. The van der Waals surface area contributed by atoms with Crippen molar-refractivity contribution in [1.82, 2.24) is 0 Å². The van der Waals surface area contributed by atoms with E-state index in [4.69, 9.17) is 0 Å². The summed E-state index contributed by atoms with van der Waals surface area (Å²) in [5.41, 5.74) is 0. The normalized spacial score (nSPS) is 57.6. The zero-order valence-electron chi connectivity index (χ0n) is 13.1. The Morgan fingerprint density at radius 2 is 1.58 bits per heavy atom. The Hall–Kier alpha value is 0. The first kappa shape index (κ1) is 12.7. The van der Waals surface area contributed by atoms with Gasteiger partial charge in [-0.2, -0.15) is 0 Å². The average Bonchev–Trinajstić information content (AvgIpc) is 3.11. The molecule has 0 aromatic rings. The van der Waals surface area contributed by atoms with Gasteiger partial charge in [0.1, 0.15) is 0 Å². The SMILES string of the molecule is CC1C2CCCC2CC1C(C)C1C2CCC(C2)C1C. The Bertz CT molecular complexity index is 344. The molecule has 0 saturated heterocycles. The molecule has 0 aliphatic heterocycles. The molecule has 108 valence electrons. The second kappa shape index (κ2) is 4.50. The van der Waals surface area contributed by atoms with Gasteiger partial charge in [0.05, 0.1) is 0 Å². The van der Waals surface area contributed by atoms with Gasteiger partial charge in [-0.25, -0.2) is 0 Å². The van der Waals surface area contributed by atoms with Crippen LogP contribution in [0.5, 0.6) is 0 Å². The molecular formula is C19H32. The summed E-state index contributed by atoms with van der Waals surface area (Å²) >= 11 is 0. The van der Waals surface area contributed by atoms with Gasteiger partial charge in [0.15, 0.2) is 0 Å². The number of hydrogen-bond donors (Lipinski definition) is 0. The summed E-state index contributed by atoms with van der Waals surface area (Å²) in [6.45, 7) is 7.84. The summed E-state index contributed by atoms with van der Waals surface area (Å²) in [5.74, 6) is 9.71. The summed E-state index contributed by atoms with van der Waals surface area (Å²) < 4.78 is 0. The van der Waals surface area contributed by atoms with Crippen molar-refractivity contribution in [3.63, 3.8) is 0 Å². The lowest BCUT2D eigenvalue weighted by molar-refractivity contribution is 0.102. The fourth-order valence-electron chi connectivity index (χ4n) is 7.44. The molecule has 4 rings (SSSR count). The van der Waals surface area contributed by atoms with Crippen LogP contribution >= 0.6 is 0 Å². The van der Waals surface area contributed by atoms with E-state index in [-0.39, 0.29) is 0 Å². The quantitative estimate of drug-likeness (QED) is 0.625. The summed E-state index contributed by atoms with van der Waals surface area (Å²) in [7, 11) is 0. The standard InChI is InChI=1S/C19H32/c1-11-14-7-8-16(9-14)19(11)13(3)18-10-15-5-4-6-17(15)12(18)2/h11-19H,4-10H2,1-3H3. The van der Waals surface area contributed by atoms with Gasteiger partial charge in [0.25, 0.3) is 0 Å². The summed E-state index contributed by atoms with van der Waals surface area (Å²) in [5, 5.41) is 0. The van der Waals surface area contributed by atoms with E-state index in [0.717, 1.165) is 53.3 Å². The maximum atomic E-state index is 2.64. The minimum Gasteiger partial charge on any atom is -0.0620 e. The Kier molecular flexibility index (Phi) is 3.01. The molecule has 4 aliphatic carbocycles. The molecule has 0 nitrogen and oxygen atoms in total. The molecule has 0 radical (unpaired) electrons. The van der Waals surface area contributed by atoms with Crippen LogP contribution in [0.4, 0.5) is 0 Å². The molecule has 4 aliphatic rings. The molecule has 0 heterocycles. The van der Waals surface area contributed by atoms with Gasteiger partial charge in [0, 0.05) is 0 Å². The molecule has 0 aromatic heterocycles. The number of hydrogen-bond acceptors (Lipinski definition) is 0. The second-order valence-electron chi connectivity index (χ2n) is 8.74. The highest BCUT2D eigenvalue weighted by Crippen LogP contribution is 2.60. The van der Waals surface area contributed by atoms with E-state index in [9.17, 15) is 0 Å². The van der Waals surface area contributed by atoms with E-state index in [0.29, 0.717) is 0 Å². The molecule has 4 fully saturated rings. The monoisotopic (exact) mass is 260 g/mol. The van der Waals surface area contributed by atoms with Gasteiger partial charge in [-0.1, -0.05) is 33.6 Å². The Balaban J connectivity index is 1.50. The lowest BCUT2D eigenvalue weighted by Crippen LogP contribution is -2.32. The fourth-order valence-corrected chi connectivity index (χ4v) is 7.44. The van der Waals surface area contributed by atoms with Crippen molar-refractivity contribution in [3.05, 3.63) is 0 Å². The van der Waals surface area contributed by atoms with E-state index < -0.39 is 0 Å². The van der Waals surface area contributed by atoms with Crippen molar-refractivity contribution in [2.45, 2.75) is 65.7 Å². The summed E-state index contributed by atoms with van der Waals surface area (Å²) in [6, 6.07) is 0. The third kappa shape index (κ3) is 1.77. The molecule has 2 bridgehead atoms. The lowest BCUT2D eigenvalue weighted by Gasteiger charge is -2.38. The number of rotatable bonds is 2. The predicted molar refractivity (Wildman–Crippen MR) is 80.8 cm³/mol. The first-order valence-electron chi connectivity index (χ1n) is 9.16. The lowest BCUT2D eigenvalue weighted by atomic mass is 9.67. The van der Waals surface area contributed by atoms with Gasteiger partial charge in [-0.15, -0.1) is 0 Å². The Morgan fingerprint density at radius 1 is 0.789 bits per heavy atom. The highest BCUT2D eigenvalue weighted by Gasteiger charge is 2.52. The fraction of sp³-hybridized carbons (Fsp3) is 1.00. The molecule has 9 unspecified atom stereocenters. The van der Waals surface area contributed by atoms with Crippen LogP contribution in [-0.2, 0) is 0 Å². The van der Waals surface area contributed by atoms with Crippen LogP contribution in [-0.4, -0.2) is 0 Å². The largest absolute Gasteiger partial charge is 0.0620 e. The summed E-state index contributed by atoms with van der Waals surface area (Å²) in [6.07, 6.45) is 11.0. The van der Waals surface area contributed by atoms with Crippen LogP contribution in [0.1, 0.15) is 65.7 Å². The third-order valence-corrected chi connectivity index (χ3v) is 8.33. The van der Waals surface area contributed by atoms with Crippen LogP contribution in [0.2, 0.25) is 0 Å². The van der Waals surface area contributed by atoms with Crippen LogP contribution in [0.15, 0.2) is 0 Å². The molecule has 0 N–H and O–H groups in total. The minimum atomic E-state index is 1.02. The van der Waals surface area contributed by atoms with Gasteiger partial charge >= 0.3 is 0 Å². The van der Waals surface area contributed by atoms with Gasteiger partial charge in [-0.05, 0) is 85.4 Å². The van der Waals surface area contributed by atoms with Crippen molar-refractivity contribution in [2.24, 2.45) is 53.3 Å². The van der Waals surface area contributed by atoms with Crippen LogP contribution in [0.25, 0.3) is 0 Å². The first-order chi connectivity index (χ1) is 9.16. The van der Waals surface area contributed by atoms with Crippen molar-refractivity contribution in [1.29, 1.82) is 0 Å². The molecular weight excluding hydrogens is 228 g/mol. The van der Waals surface area contributed by atoms with E-state index >= 15 is 0 Å². The highest BCUT2D eigenvalue weighted by molar-refractivity contribution is 5.01. The van der Waals surface area contributed by atoms with E-state index in [1.807, 2.05) is 0 Å². The van der Waals surface area contributed by atoms with Crippen molar-refractivity contribution in [2.75, 3.05) is 0 Å². The average molecular weight is 260 g/mol. The first-order valence-corrected chi connectivity index (χ1v) is 9.16. The molecule has 0 amide bonds. The molecule has 0 spiro atoms. The van der Waals surface area contributed by atoms with Crippen molar-refractivity contribution in [3.8, 4) is 0 Å². The van der Waals surface area contributed by atoms with Crippen molar-refractivity contribution >= 4 is 0 Å². The van der Waals surface area contributed by atoms with Crippen LogP contribution in [0.3, 0.4) is 0 Å². The van der Waals surface area contributed by atoms with Gasteiger partial charge in [-0.3, -0.25) is 0 Å². The maximum absolute atomic E-state index is 2.64. The zero-order valence-corrected chi connectivity index (χ0v) is 13.1. The topological polar surface area (TPSA) is 0 Å². The predicted octanol–water partition coefficient (Wildman–Crippen LogP) is 5.38. The second-order valence-corrected chi connectivity index (χ2v) is 8.74. The van der Waals surface area contributed by atoms with E-state index in [2.05, 4.69) is 20.8 Å². The smallest absolute Gasteiger partial charge is 0.0329 e. The van der Waals surface area contributed by atoms with Gasteiger partial charge < -0.3 is 0 Å². The molecule has 19 heavy (non-hydrogen) atoms. The maximum Gasteiger partial charge on any atom is -0.0329 e. The zero-order chi connectivity index (χ0) is 13.1. The third-order valence-electron chi connectivity index (χ3n) is 8.33.